The fourth-order valence-corrected chi connectivity index (χ4v) is 1.63. The standard InChI is InChI=1S/C10H9ClN4S/c11-7-2-3-9(15-5-1-4-13-15)8(6-7)14-10(12)16/h1-6H,(H3,12,14,16). The van der Waals surface area contributed by atoms with E-state index in [1.807, 2.05) is 18.3 Å². The SMILES string of the molecule is NC(=S)Nc1cc(Cl)ccc1-n1cccn1. The third kappa shape index (κ3) is 2.32. The van der Waals surface area contributed by atoms with Crippen LogP contribution < -0.4 is 11.1 Å². The molecule has 0 radical (unpaired) electrons. The number of thiocarbonyl (C=S) groups is 1. The quantitative estimate of drug-likeness (QED) is 0.805. The van der Waals surface area contributed by atoms with E-state index in [0.29, 0.717) is 5.02 Å². The number of halogens is 1. The van der Waals surface area contributed by atoms with Crippen LogP contribution in [0.1, 0.15) is 0 Å². The zero-order valence-electron chi connectivity index (χ0n) is 8.22. The molecule has 0 unspecified atom stereocenters. The highest BCUT2D eigenvalue weighted by atomic mass is 35.5. The summed E-state index contributed by atoms with van der Waals surface area (Å²) in [5, 5.41) is 7.80. The van der Waals surface area contributed by atoms with Crippen molar-refractivity contribution in [2.24, 2.45) is 5.73 Å². The van der Waals surface area contributed by atoms with Gasteiger partial charge in [0, 0.05) is 17.4 Å². The van der Waals surface area contributed by atoms with Crippen LogP contribution in [0.2, 0.25) is 5.02 Å². The van der Waals surface area contributed by atoms with Gasteiger partial charge >= 0.3 is 0 Å². The Labute approximate surface area is 103 Å². The van der Waals surface area contributed by atoms with Crippen LogP contribution in [-0.2, 0) is 0 Å². The summed E-state index contributed by atoms with van der Waals surface area (Å²) in [5.74, 6) is 0. The highest BCUT2D eigenvalue weighted by Gasteiger charge is 2.06. The van der Waals surface area contributed by atoms with Gasteiger partial charge in [0.2, 0.25) is 0 Å². The summed E-state index contributed by atoms with van der Waals surface area (Å²) in [4.78, 5) is 0. The van der Waals surface area contributed by atoms with Gasteiger partial charge < -0.3 is 11.1 Å². The Kier molecular flexibility index (Phi) is 3.07. The van der Waals surface area contributed by atoms with Crippen molar-refractivity contribution in [2.45, 2.75) is 0 Å². The molecular weight excluding hydrogens is 244 g/mol. The molecule has 1 aromatic carbocycles. The molecule has 3 N–H and O–H groups in total. The smallest absolute Gasteiger partial charge is 0.168 e. The number of aromatic nitrogens is 2. The van der Waals surface area contributed by atoms with E-state index in [0.717, 1.165) is 11.4 Å². The predicted octanol–water partition coefficient (Wildman–Crippen LogP) is 2.18. The maximum absolute atomic E-state index is 5.91. The lowest BCUT2D eigenvalue weighted by Crippen LogP contribution is -2.20. The van der Waals surface area contributed by atoms with Crippen LogP contribution in [0.5, 0.6) is 0 Å². The molecule has 0 aliphatic carbocycles. The molecule has 0 atom stereocenters. The first kappa shape index (κ1) is 10.9. The van der Waals surface area contributed by atoms with Gasteiger partial charge in [-0.1, -0.05) is 11.6 Å². The van der Waals surface area contributed by atoms with Gasteiger partial charge in [-0.05, 0) is 36.5 Å². The predicted molar refractivity (Wildman–Crippen MR) is 69.0 cm³/mol. The molecule has 0 fully saturated rings. The maximum Gasteiger partial charge on any atom is 0.168 e. The first-order valence-electron chi connectivity index (χ1n) is 4.53. The second kappa shape index (κ2) is 4.51. The number of hydrogen-bond donors (Lipinski definition) is 2. The first-order chi connectivity index (χ1) is 7.66. The summed E-state index contributed by atoms with van der Waals surface area (Å²) in [6, 6.07) is 7.20. The third-order valence-electron chi connectivity index (χ3n) is 1.97. The van der Waals surface area contributed by atoms with E-state index in [4.69, 9.17) is 29.6 Å². The maximum atomic E-state index is 5.91. The number of nitrogens with zero attached hydrogens (tertiary/aromatic N) is 2. The minimum atomic E-state index is 0.190. The molecule has 4 nitrogen and oxygen atoms in total. The summed E-state index contributed by atoms with van der Waals surface area (Å²) in [6.07, 6.45) is 3.52. The average Bonchev–Trinajstić information content (AvgIpc) is 2.69. The van der Waals surface area contributed by atoms with Crippen LogP contribution in [0, 0.1) is 0 Å². The topological polar surface area (TPSA) is 55.9 Å². The summed E-state index contributed by atoms with van der Waals surface area (Å²) in [5.41, 5.74) is 7.01. The molecule has 0 amide bonds. The van der Waals surface area contributed by atoms with Crippen molar-refractivity contribution in [3.8, 4) is 5.69 Å². The molecule has 2 rings (SSSR count). The normalized spacial score (nSPS) is 10.1. The van der Waals surface area contributed by atoms with Gasteiger partial charge in [-0.2, -0.15) is 5.10 Å². The molecule has 6 heteroatoms. The minimum Gasteiger partial charge on any atom is -0.376 e. The van der Waals surface area contributed by atoms with Crippen LogP contribution in [0.4, 0.5) is 5.69 Å². The number of anilines is 1. The Morgan fingerprint density at radius 3 is 2.94 bits per heavy atom. The minimum absolute atomic E-state index is 0.190. The Bertz CT molecular complexity index is 510. The molecule has 0 saturated carbocycles. The monoisotopic (exact) mass is 252 g/mol. The van der Waals surface area contributed by atoms with Gasteiger partial charge in [-0.25, -0.2) is 4.68 Å². The van der Waals surface area contributed by atoms with E-state index in [1.165, 1.54) is 0 Å². The molecule has 0 saturated heterocycles. The second-order valence-electron chi connectivity index (χ2n) is 3.10. The van der Waals surface area contributed by atoms with Gasteiger partial charge in [0.05, 0.1) is 11.4 Å². The lowest BCUT2D eigenvalue weighted by molar-refractivity contribution is 0.882. The van der Waals surface area contributed by atoms with Gasteiger partial charge in [0.1, 0.15) is 0 Å². The Morgan fingerprint density at radius 2 is 2.31 bits per heavy atom. The molecule has 82 valence electrons. The van der Waals surface area contributed by atoms with Crippen molar-refractivity contribution in [2.75, 3.05) is 5.32 Å². The highest BCUT2D eigenvalue weighted by Crippen LogP contribution is 2.23. The van der Waals surface area contributed by atoms with E-state index < -0.39 is 0 Å². The molecule has 0 bridgehead atoms. The largest absolute Gasteiger partial charge is 0.376 e. The lowest BCUT2D eigenvalue weighted by Gasteiger charge is -2.11. The van der Waals surface area contributed by atoms with Gasteiger partial charge in [0.15, 0.2) is 5.11 Å². The van der Waals surface area contributed by atoms with E-state index >= 15 is 0 Å². The Balaban J connectivity index is 2.48. The molecule has 0 spiro atoms. The number of hydrogen-bond acceptors (Lipinski definition) is 2. The molecule has 1 aromatic heterocycles. The van der Waals surface area contributed by atoms with Crippen molar-refractivity contribution in [1.82, 2.24) is 9.78 Å². The number of benzene rings is 1. The Morgan fingerprint density at radius 1 is 1.50 bits per heavy atom. The lowest BCUT2D eigenvalue weighted by atomic mass is 10.2. The zero-order valence-corrected chi connectivity index (χ0v) is 9.79. The van der Waals surface area contributed by atoms with Crippen molar-refractivity contribution in [1.29, 1.82) is 0 Å². The van der Waals surface area contributed by atoms with Crippen LogP contribution in [0.15, 0.2) is 36.7 Å². The Hall–Kier alpha value is -1.59. The summed E-state index contributed by atoms with van der Waals surface area (Å²) < 4.78 is 1.71. The number of nitrogens with two attached hydrogens (primary N) is 1. The van der Waals surface area contributed by atoms with Crippen LogP contribution in [0.3, 0.4) is 0 Å². The second-order valence-corrected chi connectivity index (χ2v) is 3.98. The summed E-state index contributed by atoms with van der Waals surface area (Å²) >= 11 is 10.7. The fraction of sp³-hybridized carbons (Fsp3) is 0. The van der Waals surface area contributed by atoms with Gasteiger partial charge in [0.25, 0.3) is 0 Å². The molecule has 0 aliphatic rings. The van der Waals surface area contributed by atoms with E-state index in [9.17, 15) is 0 Å². The zero-order chi connectivity index (χ0) is 11.5. The van der Waals surface area contributed by atoms with Crippen molar-refractivity contribution in [3.63, 3.8) is 0 Å². The average molecular weight is 253 g/mol. The van der Waals surface area contributed by atoms with Crippen LogP contribution in [0.25, 0.3) is 5.69 Å². The van der Waals surface area contributed by atoms with E-state index in [1.54, 1.807) is 23.0 Å². The molecule has 0 aliphatic heterocycles. The van der Waals surface area contributed by atoms with E-state index in [2.05, 4.69) is 10.4 Å². The van der Waals surface area contributed by atoms with E-state index in [-0.39, 0.29) is 5.11 Å². The molecule has 1 heterocycles. The van der Waals surface area contributed by atoms with Crippen molar-refractivity contribution >= 4 is 34.6 Å². The third-order valence-corrected chi connectivity index (χ3v) is 2.30. The first-order valence-corrected chi connectivity index (χ1v) is 5.31. The molecular formula is C10H9ClN4S. The van der Waals surface area contributed by atoms with Gasteiger partial charge in [-0.3, -0.25) is 0 Å². The van der Waals surface area contributed by atoms with Crippen LogP contribution in [-0.4, -0.2) is 14.9 Å². The number of nitrogens with one attached hydrogen (secondary N) is 1. The van der Waals surface area contributed by atoms with Crippen molar-refractivity contribution < 1.29 is 0 Å². The fourth-order valence-electron chi connectivity index (χ4n) is 1.35. The molecule has 2 aromatic rings. The molecule has 16 heavy (non-hydrogen) atoms. The highest BCUT2D eigenvalue weighted by molar-refractivity contribution is 7.80. The summed E-state index contributed by atoms with van der Waals surface area (Å²) in [6.45, 7) is 0. The van der Waals surface area contributed by atoms with Crippen LogP contribution >= 0.6 is 23.8 Å². The van der Waals surface area contributed by atoms with Crippen molar-refractivity contribution in [3.05, 3.63) is 41.7 Å². The van der Waals surface area contributed by atoms with Gasteiger partial charge in [-0.15, -0.1) is 0 Å². The number of rotatable bonds is 2. The summed E-state index contributed by atoms with van der Waals surface area (Å²) in [7, 11) is 0.